The average Bonchev–Trinajstić information content (AvgIpc) is 0.811. The monoisotopic (exact) mass is 80.0 g/mol. The summed E-state index contributed by atoms with van der Waals surface area (Å²) >= 11 is 0. The minimum absolute atomic E-state index is 0. The van der Waals surface area contributed by atoms with Gasteiger partial charge in [0.15, 0.2) is 0 Å². The number of rotatable bonds is 0. The summed E-state index contributed by atoms with van der Waals surface area (Å²) in [5, 5.41) is 14.8. The van der Waals surface area contributed by atoms with Crippen LogP contribution in [0.4, 0.5) is 0 Å². The maximum atomic E-state index is 7.39. The van der Waals surface area contributed by atoms with Gasteiger partial charge in [-0.1, -0.05) is 0 Å². The predicted molar refractivity (Wildman–Crippen MR) is 17.1 cm³/mol. The van der Waals surface area contributed by atoms with E-state index in [-0.39, 0.29) is 31.0 Å². The van der Waals surface area contributed by atoms with Crippen LogP contribution >= 0.6 is 0 Å². The minimum Gasteiger partial charge on any atom is -1.00 e. The Morgan fingerprint density at radius 2 is 1.60 bits per heavy atom. The summed E-state index contributed by atoms with van der Waals surface area (Å²) in [5.41, 5.74) is 0. The van der Waals surface area contributed by atoms with Gasteiger partial charge in [0.2, 0.25) is 0 Å². The Hall–Kier alpha value is 1.05. The molecular weight excluding hydrogens is 76.6 g/mol. The molecule has 0 saturated carbocycles. The molecule has 5 heteroatoms. The van der Waals surface area contributed by atoms with Crippen molar-refractivity contribution in [1.29, 1.82) is 0 Å². The van der Waals surface area contributed by atoms with Crippen molar-refractivity contribution in [3.05, 3.63) is 0 Å². The van der Waals surface area contributed by atoms with E-state index in [0.717, 1.165) is 0 Å². The third-order valence-electron chi connectivity index (χ3n) is 0. The fourth-order valence-electron chi connectivity index (χ4n) is 0. The fraction of sp³-hybridized carbons (Fsp3) is 0. The fourth-order valence-corrected chi connectivity index (χ4v) is 0. The Morgan fingerprint density at radius 1 is 1.60 bits per heavy atom. The van der Waals surface area contributed by atoms with Crippen molar-refractivity contribution < 1.29 is 41.0 Å². The van der Waals surface area contributed by atoms with Crippen LogP contribution in [0.3, 0.4) is 0 Å². The quantitative estimate of drug-likeness (QED) is 0.286. The largest absolute Gasteiger partial charge is 1.00 e. The van der Waals surface area contributed by atoms with Gasteiger partial charge in [0.05, 0.1) is 0 Å². The molecule has 0 aromatic carbocycles. The van der Waals surface area contributed by atoms with Crippen molar-refractivity contribution in [3.63, 3.8) is 0 Å². The molecule has 0 heterocycles. The van der Waals surface area contributed by atoms with Gasteiger partial charge in [-0.25, -0.2) is 0 Å². The third kappa shape index (κ3) is 42.6. The van der Waals surface area contributed by atoms with Crippen LogP contribution in [0.25, 0.3) is 0 Å². The molecule has 5 heavy (non-hydrogen) atoms. The van der Waals surface area contributed by atoms with E-state index < -0.39 is 7.01 Å². The molecule has 0 aromatic rings. The molecule has 2 nitrogen and oxygen atoms in total. The van der Waals surface area contributed by atoms with Crippen LogP contribution < -0.4 is 29.6 Å². The maximum absolute atomic E-state index is 7.39. The Morgan fingerprint density at radius 3 is 1.60 bits per heavy atom. The molecule has 2 N–H and O–H groups in total. The Bertz CT molecular complexity index is 16.3. The van der Waals surface area contributed by atoms with Crippen LogP contribution in [-0.4, -0.2) is 24.8 Å². The van der Waals surface area contributed by atoms with E-state index >= 15 is 0 Å². The summed E-state index contributed by atoms with van der Waals surface area (Å²) in [6.45, 7) is 0. The molecule has 0 aliphatic rings. The van der Waals surface area contributed by atoms with E-state index in [1.165, 1.54) is 0 Å². The molecule has 0 fully saturated rings. The molecule has 0 aliphatic carbocycles. The Balaban J connectivity index is -0.0000000450. The van der Waals surface area contributed by atoms with E-state index in [1.54, 1.807) is 0 Å². The summed E-state index contributed by atoms with van der Waals surface area (Å²) in [4.78, 5) is 0. The van der Waals surface area contributed by atoms with Crippen LogP contribution in [0.15, 0.2) is 0 Å². The van der Waals surface area contributed by atoms with Crippen molar-refractivity contribution in [2.75, 3.05) is 0 Å². The molecule has 0 rings (SSSR count). The van der Waals surface area contributed by atoms with Gasteiger partial charge in [-0.15, -0.1) is 0 Å². The third-order valence-corrected chi connectivity index (χ3v) is 0. The summed E-state index contributed by atoms with van der Waals surface area (Å²) in [6, 6.07) is 0. The van der Waals surface area contributed by atoms with Crippen LogP contribution in [0.2, 0.25) is 0 Å². The van der Waals surface area contributed by atoms with E-state index in [2.05, 4.69) is 7.74 Å². The van der Waals surface area contributed by atoms with E-state index in [9.17, 15) is 0 Å². The maximum Gasteiger partial charge on any atom is 1.00 e. The van der Waals surface area contributed by atoms with Gasteiger partial charge in [0.25, 0.3) is 0 Å². The first-order valence-electron chi connectivity index (χ1n) is 0.850. The summed E-state index contributed by atoms with van der Waals surface area (Å²) < 4.78 is 0. The molecule has 0 unspecified atom stereocenters. The molecule has 0 amide bonds. The minimum atomic E-state index is -1.67. The average molecular weight is 79.6 g/mol. The number of hydrogen-bond donors (Lipinski definition) is 2. The van der Waals surface area contributed by atoms with Crippen LogP contribution in [0, 0.1) is 0 Å². The van der Waals surface area contributed by atoms with Gasteiger partial charge >= 0.3 is 36.6 Å². The van der Waals surface area contributed by atoms with Gasteiger partial charge in [-0.2, -0.15) is 0 Å². The second-order valence-corrected chi connectivity index (χ2v) is 0.414. The van der Waals surface area contributed by atoms with Crippen LogP contribution in [-0.2, 0) is 0 Å². The molecular formula is H3B2NaO2. The summed E-state index contributed by atoms with van der Waals surface area (Å²) in [5.74, 6) is 0. The molecule has 0 spiro atoms. The molecule has 0 atom stereocenters. The van der Waals surface area contributed by atoms with Gasteiger partial charge in [0.1, 0.15) is 7.74 Å². The normalized spacial score (nSPS) is 5.20. The molecule has 0 aliphatic heterocycles. The molecule has 0 saturated heterocycles. The van der Waals surface area contributed by atoms with E-state index in [0.29, 0.717) is 0 Å². The van der Waals surface area contributed by atoms with Gasteiger partial charge in [-0.05, 0) is 0 Å². The topological polar surface area (TPSA) is 40.5 Å². The van der Waals surface area contributed by atoms with Crippen molar-refractivity contribution >= 4 is 14.7 Å². The van der Waals surface area contributed by atoms with Crippen LogP contribution in [0.5, 0.6) is 0 Å². The predicted octanol–water partition coefficient (Wildman–Crippen LogP) is -4.76. The smallest absolute Gasteiger partial charge is 1.00 e. The SMILES string of the molecule is [B]B(O)O.[H-].[Na+]. The first-order valence-corrected chi connectivity index (χ1v) is 0.850. The summed E-state index contributed by atoms with van der Waals surface area (Å²) in [6.07, 6.45) is 0. The molecule has 0 aromatic heterocycles. The second-order valence-electron chi connectivity index (χ2n) is 0.414. The molecule has 0 bridgehead atoms. The standard InChI is InChI=1S/B2H2O2.Na.H/c1-2(3)4;;/h3-4H;;/q;+1;-1. The first-order chi connectivity index (χ1) is 1.73. The van der Waals surface area contributed by atoms with Gasteiger partial charge in [0, 0.05) is 0 Å². The zero-order valence-electron chi connectivity index (χ0n) is 4.05. The second kappa shape index (κ2) is 5.05. The Labute approximate surface area is 55.9 Å². The Kier molecular flexibility index (Phi) is 9.50. The summed E-state index contributed by atoms with van der Waals surface area (Å²) in [7, 11) is 2.56. The molecule has 2 radical (unpaired) electrons. The van der Waals surface area contributed by atoms with E-state index in [4.69, 9.17) is 10.0 Å². The van der Waals surface area contributed by atoms with Crippen molar-refractivity contribution in [2.24, 2.45) is 0 Å². The van der Waals surface area contributed by atoms with Crippen molar-refractivity contribution in [3.8, 4) is 0 Å². The van der Waals surface area contributed by atoms with Gasteiger partial charge < -0.3 is 11.5 Å². The number of hydrogen-bond acceptors (Lipinski definition) is 2. The first kappa shape index (κ1) is 9.41. The van der Waals surface area contributed by atoms with Crippen LogP contribution in [0.1, 0.15) is 1.43 Å². The van der Waals surface area contributed by atoms with Crippen molar-refractivity contribution in [2.45, 2.75) is 0 Å². The van der Waals surface area contributed by atoms with Gasteiger partial charge in [-0.3, -0.25) is 0 Å². The van der Waals surface area contributed by atoms with E-state index in [1.807, 2.05) is 0 Å². The zero-order chi connectivity index (χ0) is 3.58. The zero-order valence-corrected chi connectivity index (χ0v) is 5.05. The molecule has 22 valence electrons. The van der Waals surface area contributed by atoms with Crippen molar-refractivity contribution in [1.82, 2.24) is 0 Å².